The molecule has 69 heavy (non-hydrogen) atoms. The van der Waals surface area contributed by atoms with Crippen LogP contribution >= 0.6 is 0 Å². The smallest absolute Gasteiger partial charge is 0.306 e. The molecule has 0 unspecified atom stereocenters. The molecule has 0 aromatic rings. The molecule has 0 aromatic carbocycles. The van der Waals surface area contributed by atoms with Gasteiger partial charge >= 0.3 is 17.9 Å². The van der Waals surface area contributed by atoms with Crippen molar-refractivity contribution in [2.45, 2.75) is 284 Å². The Labute approximate surface area is 426 Å². The van der Waals surface area contributed by atoms with E-state index in [1.807, 2.05) is 0 Å². The number of unbranched alkanes of at least 4 members (excludes halogenated alkanes) is 27. The van der Waals surface area contributed by atoms with Gasteiger partial charge in [0.15, 0.2) is 6.10 Å². The molecule has 0 spiro atoms. The van der Waals surface area contributed by atoms with Gasteiger partial charge in [-0.3, -0.25) is 14.4 Å². The number of hydrogen-bond acceptors (Lipinski definition) is 6. The van der Waals surface area contributed by atoms with Gasteiger partial charge in [0.25, 0.3) is 0 Å². The quantitative estimate of drug-likeness (QED) is 0.0262. The molecule has 0 aromatic heterocycles. The largest absolute Gasteiger partial charge is 0.462 e. The van der Waals surface area contributed by atoms with Crippen LogP contribution in [0, 0.1) is 0 Å². The molecule has 0 aliphatic carbocycles. The van der Waals surface area contributed by atoms with Crippen LogP contribution < -0.4 is 0 Å². The molecule has 0 radical (unpaired) electrons. The van der Waals surface area contributed by atoms with Crippen LogP contribution in [0.1, 0.15) is 278 Å². The first-order valence-electron chi connectivity index (χ1n) is 29.1. The van der Waals surface area contributed by atoms with E-state index >= 15 is 0 Å². The fourth-order valence-corrected chi connectivity index (χ4v) is 7.92. The van der Waals surface area contributed by atoms with Gasteiger partial charge in [-0.05, 0) is 122 Å². The second-order valence-corrected chi connectivity index (χ2v) is 19.2. The predicted molar refractivity (Wildman–Crippen MR) is 297 cm³/mol. The molecule has 0 saturated heterocycles. The molecular formula is C63H108O6. The van der Waals surface area contributed by atoms with Crippen molar-refractivity contribution in [3.05, 3.63) is 85.1 Å². The third kappa shape index (κ3) is 55.4. The lowest BCUT2D eigenvalue weighted by molar-refractivity contribution is -0.167. The maximum Gasteiger partial charge on any atom is 0.306 e. The van der Waals surface area contributed by atoms with Gasteiger partial charge in [-0.2, -0.15) is 0 Å². The van der Waals surface area contributed by atoms with Crippen LogP contribution in [-0.2, 0) is 28.6 Å². The summed E-state index contributed by atoms with van der Waals surface area (Å²) in [5, 5.41) is 0. The minimum atomic E-state index is -0.807. The summed E-state index contributed by atoms with van der Waals surface area (Å²) in [7, 11) is 0. The topological polar surface area (TPSA) is 78.9 Å². The van der Waals surface area contributed by atoms with Crippen molar-refractivity contribution >= 4 is 17.9 Å². The molecule has 1 atom stereocenters. The standard InChI is InChI=1S/C63H108O6/c1-4-7-10-13-16-19-22-25-28-30-31-33-36-38-41-44-47-50-53-56-62(65)68-59-60(69-63(66)57-54-51-48-45-42-39-34-27-24-21-18-15-12-9-6-3)58-67-61(64)55-52-49-46-43-40-37-35-32-29-26-23-20-17-14-11-8-5-2/h17-18,20-21,25-29,34-35,37,42,45,60H,4-16,19,22-24,30-33,36,38-41,43-44,46-59H2,1-3H3/b20-17-,21-18-,28-25-,29-26-,34-27-,37-35-,45-42-/t60-/m1/s1. The Morgan fingerprint density at radius 2 is 0.522 bits per heavy atom. The van der Waals surface area contributed by atoms with E-state index in [0.717, 1.165) is 89.9 Å². The van der Waals surface area contributed by atoms with Crippen LogP contribution in [0.2, 0.25) is 0 Å². The summed E-state index contributed by atoms with van der Waals surface area (Å²) in [5.74, 6) is -0.958. The Hall–Kier alpha value is -3.41. The monoisotopic (exact) mass is 961 g/mol. The second kappa shape index (κ2) is 57.2. The van der Waals surface area contributed by atoms with Crippen LogP contribution in [0.5, 0.6) is 0 Å². The highest BCUT2D eigenvalue weighted by molar-refractivity contribution is 5.71. The lowest BCUT2D eigenvalue weighted by Gasteiger charge is -2.18. The van der Waals surface area contributed by atoms with Crippen LogP contribution in [0.15, 0.2) is 85.1 Å². The molecule has 396 valence electrons. The molecule has 0 saturated carbocycles. The van der Waals surface area contributed by atoms with E-state index in [1.54, 1.807) is 0 Å². The molecule has 0 rings (SSSR count). The van der Waals surface area contributed by atoms with Gasteiger partial charge in [0.2, 0.25) is 0 Å². The molecule has 6 nitrogen and oxygen atoms in total. The maximum absolute atomic E-state index is 12.8. The van der Waals surface area contributed by atoms with E-state index in [0.29, 0.717) is 19.3 Å². The summed E-state index contributed by atoms with van der Waals surface area (Å²) in [6.07, 6.45) is 74.3. The number of esters is 3. The summed E-state index contributed by atoms with van der Waals surface area (Å²) < 4.78 is 16.8. The number of carbonyl (C=O) groups excluding carboxylic acids is 3. The summed E-state index contributed by atoms with van der Waals surface area (Å²) in [5.41, 5.74) is 0. The average Bonchev–Trinajstić information content (AvgIpc) is 3.35. The number of carbonyl (C=O) groups is 3. The SMILES string of the molecule is CCCCC/C=C\C/C=C\C/C=C\CCCCCCC(=O)OC[C@H](COC(=O)CCCCCCCCCCC/C=C\CCCCCCCC)OC(=O)CCCC/C=C\C/C=C\C/C=C\CCCCC. The highest BCUT2D eigenvalue weighted by atomic mass is 16.6. The number of rotatable bonds is 52. The summed E-state index contributed by atoms with van der Waals surface area (Å²) in [6.45, 7) is 6.54. The van der Waals surface area contributed by atoms with Gasteiger partial charge in [0.05, 0.1) is 0 Å². The van der Waals surface area contributed by atoms with Crippen LogP contribution in [0.3, 0.4) is 0 Å². The van der Waals surface area contributed by atoms with Crippen molar-refractivity contribution in [3.8, 4) is 0 Å². The molecule has 6 heteroatoms. The summed E-state index contributed by atoms with van der Waals surface area (Å²) in [4.78, 5) is 38.2. The van der Waals surface area contributed by atoms with Gasteiger partial charge in [-0.25, -0.2) is 0 Å². The maximum atomic E-state index is 12.8. The van der Waals surface area contributed by atoms with Gasteiger partial charge in [0.1, 0.15) is 13.2 Å². The predicted octanol–water partition coefficient (Wildman–Crippen LogP) is 19.5. The van der Waals surface area contributed by atoms with Gasteiger partial charge in [-0.15, -0.1) is 0 Å². The highest BCUT2D eigenvalue weighted by Gasteiger charge is 2.19. The Morgan fingerprint density at radius 1 is 0.290 bits per heavy atom. The van der Waals surface area contributed by atoms with E-state index in [9.17, 15) is 14.4 Å². The minimum absolute atomic E-state index is 0.100. The van der Waals surface area contributed by atoms with Gasteiger partial charge < -0.3 is 14.2 Å². The van der Waals surface area contributed by atoms with Gasteiger partial charge in [-0.1, -0.05) is 221 Å². The fraction of sp³-hybridized carbons (Fsp3) is 0.730. The first kappa shape index (κ1) is 65.6. The van der Waals surface area contributed by atoms with E-state index in [2.05, 4.69) is 106 Å². The molecular weight excluding hydrogens is 853 g/mol. The van der Waals surface area contributed by atoms with Crippen LogP contribution in [0.25, 0.3) is 0 Å². The average molecular weight is 962 g/mol. The van der Waals surface area contributed by atoms with Gasteiger partial charge in [0, 0.05) is 19.3 Å². The lowest BCUT2D eigenvalue weighted by atomic mass is 10.1. The molecule has 0 bridgehead atoms. The van der Waals surface area contributed by atoms with Crippen molar-refractivity contribution in [1.29, 1.82) is 0 Å². The number of ether oxygens (including phenoxy) is 3. The van der Waals surface area contributed by atoms with Crippen LogP contribution in [-0.4, -0.2) is 37.2 Å². The Kier molecular flexibility index (Phi) is 54.3. The molecule has 0 amide bonds. The van der Waals surface area contributed by atoms with E-state index in [1.165, 1.54) is 141 Å². The normalized spacial score (nSPS) is 12.7. The Bertz CT molecular complexity index is 1330. The Morgan fingerprint density at radius 3 is 0.884 bits per heavy atom. The molecule has 0 fully saturated rings. The third-order valence-corrected chi connectivity index (χ3v) is 12.3. The summed E-state index contributed by atoms with van der Waals surface area (Å²) >= 11 is 0. The highest BCUT2D eigenvalue weighted by Crippen LogP contribution is 2.14. The zero-order chi connectivity index (χ0) is 50.0. The molecule has 0 aliphatic rings. The minimum Gasteiger partial charge on any atom is -0.462 e. The molecule has 0 heterocycles. The van der Waals surface area contributed by atoms with Crippen molar-refractivity contribution in [2.24, 2.45) is 0 Å². The van der Waals surface area contributed by atoms with E-state index in [-0.39, 0.29) is 37.5 Å². The first-order chi connectivity index (χ1) is 34.0. The van der Waals surface area contributed by atoms with Crippen molar-refractivity contribution in [2.75, 3.05) is 13.2 Å². The third-order valence-electron chi connectivity index (χ3n) is 12.3. The lowest BCUT2D eigenvalue weighted by Crippen LogP contribution is -2.30. The zero-order valence-corrected chi connectivity index (χ0v) is 45.3. The van der Waals surface area contributed by atoms with E-state index in [4.69, 9.17) is 14.2 Å². The fourth-order valence-electron chi connectivity index (χ4n) is 7.92. The molecule has 0 N–H and O–H groups in total. The van der Waals surface area contributed by atoms with E-state index < -0.39 is 6.10 Å². The Balaban J connectivity index is 4.46. The van der Waals surface area contributed by atoms with Crippen molar-refractivity contribution in [3.63, 3.8) is 0 Å². The number of allylic oxidation sites excluding steroid dienone is 14. The zero-order valence-electron chi connectivity index (χ0n) is 45.3. The van der Waals surface area contributed by atoms with Crippen molar-refractivity contribution in [1.82, 2.24) is 0 Å². The van der Waals surface area contributed by atoms with Crippen molar-refractivity contribution < 1.29 is 28.6 Å². The summed E-state index contributed by atoms with van der Waals surface area (Å²) in [6, 6.07) is 0. The number of hydrogen-bond donors (Lipinski definition) is 0. The second-order valence-electron chi connectivity index (χ2n) is 19.2. The van der Waals surface area contributed by atoms with Crippen LogP contribution in [0.4, 0.5) is 0 Å². The molecule has 0 aliphatic heterocycles. The first-order valence-corrected chi connectivity index (χ1v) is 29.1.